The third-order valence-corrected chi connectivity index (χ3v) is 3.33. The Balaban J connectivity index is 2.61. The number of nitrogens with zero attached hydrogens (tertiary/aromatic N) is 3. The molecule has 0 saturated heterocycles. The Kier molecular flexibility index (Phi) is 3.33. The van der Waals surface area contributed by atoms with Crippen molar-refractivity contribution >= 4 is 34.5 Å². The van der Waals surface area contributed by atoms with Gasteiger partial charge in [-0.3, -0.25) is 0 Å². The zero-order valence-electron chi connectivity index (χ0n) is 8.00. The third-order valence-electron chi connectivity index (χ3n) is 1.92. The van der Waals surface area contributed by atoms with Crippen LogP contribution in [0.2, 0.25) is 5.15 Å². The smallest absolute Gasteiger partial charge is 0.227 e. The summed E-state index contributed by atoms with van der Waals surface area (Å²) < 4.78 is 38.9. The largest absolute Gasteiger partial charge is 0.435 e. The molecule has 0 aliphatic rings. The molecule has 0 aromatic carbocycles. The Hall–Kier alpha value is -0.790. The summed E-state index contributed by atoms with van der Waals surface area (Å²) in [6.45, 7) is 0. The second-order valence-corrected chi connectivity index (χ2v) is 4.47. The van der Waals surface area contributed by atoms with Gasteiger partial charge in [-0.1, -0.05) is 11.6 Å². The summed E-state index contributed by atoms with van der Waals surface area (Å²) in [6, 6.07) is 0. The van der Waals surface area contributed by atoms with Crippen LogP contribution in [0.3, 0.4) is 0 Å². The van der Waals surface area contributed by atoms with Crippen LogP contribution in [0.5, 0.6) is 0 Å². The minimum atomic E-state index is -4.59. The van der Waals surface area contributed by atoms with E-state index in [0.717, 1.165) is 16.0 Å². The van der Waals surface area contributed by atoms with Gasteiger partial charge >= 0.3 is 6.18 Å². The van der Waals surface area contributed by atoms with Gasteiger partial charge in [-0.2, -0.15) is 23.0 Å². The molecule has 2 aromatic rings. The lowest BCUT2D eigenvalue weighted by Gasteiger charge is -2.02. The van der Waals surface area contributed by atoms with Crippen molar-refractivity contribution < 1.29 is 13.2 Å². The van der Waals surface area contributed by atoms with Gasteiger partial charge < -0.3 is 0 Å². The molecular formula is C8H4Cl2F3N3S. The molecule has 0 unspecified atom stereocenters. The Morgan fingerprint density at radius 2 is 2.12 bits per heavy atom. The van der Waals surface area contributed by atoms with Crippen molar-refractivity contribution in [3.63, 3.8) is 0 Å². The predicted molar refractivity (Wildman–Crippen MR) is 58.8 cm³/mol. The second kappa shape index (κ2) is 4.47. The fourth-order valence-corrected chi connectivity index (χ4v) is 2.47. The first-order valence-corrected chi connectivity index (χ1v) is 6.04. The van der Waals surface area contributed by atoms with E-state index in [1.165, 1.54) is 6.20 Å². The molecule has 2 rings (SSSR count). The summed E-state index contributed by atoms with van der Waals surface area (Å²) in [7, 11) is 0. The maximum absolute atomic E-state index is 12.7. The Morgan fingerprint density at radius 3 is 2.53 bits per heavy atom. The normalized spacial score (nSPS) is 12.1. The summed E-state index contributed by atoms with van der Waals surface area (Å²) in [5, 5.41) is 5.13. The van der Waals surface area contributed by atoms with Crippen molar-refractivity contribution in [3.8, 4) is 5.13 Å². The van der Waals surface area contributed by atoms with E-state index in [1.807, 2.05) is 0 Å². The molecule has 0 aliphatic carbocycles. The summed E-state index contributed by atoms with van der Waals surface area (Å²) in [4.78, 5) is 3.84. The van der Waals surface area contributed by atoms with Crippen LogP contribution in [-0.4, -0.2) is 14.8 Å². The van der Waals surface area contributed by atoms with Crippen molar-refractivity contribution in [3.05, 3.63) is 28.0 Å². The minimum Gasteiger partial charge on any atom is -0.227 e. The Labute approximate surface area is 108 Å². The standard InChI is InChI=1S/C8H4Cl2F3N3S/c9-3-4-5(8(11,12)13)15-16(6(4)10)7-14-1-2-17-7/h1-2H,3H2. The van der Waals surface area contributed by atoms with Crippen LogP contribution in [0.15, 0.2) is 11.6 Å². The predicted octanol–water partition coefficient (Wildman–Crippen LogP) is 3.74. The summed E-state index contributed by atoms with van der Waals surface area (Å²) >= 11 is 12.4. The highest BCUT2D eigenvalue weighted by atomic mass is 35.5. The maximum atomic E-state index is 12.7. The fourth-order valence-electron chi connectivity index (χ4n) is 1.22. The maximum Gasteiger partial charge on any atom is 0.435 e. The van der Waals surface area contributed by atoms with Crippen molar-refractivity contribution in [2.24, 2.45) is 0 Å². The number of alkyl halides is 4. The minimum absolute atomic E-state index is 0.165. The molecule has 0 aliphatic heterocycles. The average molecular weight is 302 g/mol. The number of aromatic nitrogens is 3. The average Bonchev–Trinajstić information content (AvgIpc) is 2.82. The van der Waals surface area contributed by atoms with E-state index in [2.05, 4.69) is 10.1 Å². The van der Waals surface area contributed by atoms with Gasteiger partial charge in [0.1, 0.15) is 5.15 Å². The zero-order valence-corrected chi connectivity index (χ0v) is 10.3. The molecule has 0 fully saturated rings. The van der Waals surface area contributed by atoms with Crippen molar-refractivity contribution in [2.75, 3.05) is 0 Å². The number of rotatable bonds is 2. The van der Waals surface area contributed by atoms with Gasteiger partial charge in [-0.15, -0.1) is 22.9 Å². The van der Waals surface area contributed by atoms with Gasteiger partial charge in [0, 0.05) is 17.1 Å². The first-order valence-electron chi connectivity index (χ1n) is 4.25. The number of halogens is 5. The Morgan fingerprint density at radius 1 is 1.41 bits per heavy atom. The Bertz CT molecular complexity index is 521. The third kappa shape index (κ3) is 2.27. The van der Waals surface area contributed by atoms with Gasteiger partial charge in [0.15, 0.2) is 5.69 Å². The van der Waals surface area contributed by atoms with Gasteiger partial charge in [-0.05, 0) is 0 Å². The molecule has 0 bridgehead atoms. The highest BCUT2D eigenvalue weighted by molar-refractivity contribution is 7.12. The summed E-state index contributed by atoms with van der Waals surface area (Å²) in [6.07, 6.45) is -3.14. The van der Waals surface area contributed by atoms with E-state index in [4.69, 9.17) is 23.2 Å². The molecule has 0 radical (unpaired) electrons. The summed E-state index contributed by atoms with van der Waals surface area (Å²) in [5.74, 6) is -0.362. The van der Waals surface area contributed by atoms with Crippen LogP contribution in [-0.2, 0) is 12.1 Å². The highest BCUT2D eigenvalue weighted by Gasteiger charge is 2.39. The molecule has 17 heavy (non-hydrogen) atoms. The van der Waals surface area contributed by atoms with E-state index >= 15 is 0 Å². The number of thiazole rings is 1. The molecule has 2 aromatic heterocycles. The molecule has 0 saturated carbocycles. The van der Waals surface area contributed by atoms with E-state index in [-0.39, 0.29) is 21.7 Å². The molecule has 0 atom stereocenters. The lowest BCUT2D eigenvalue weighted by molar-refractivity contribution is -0.141. The molecule has 92 valence electrons. The molecule has 3 nitrogen and oxygen atoms in total. The molecule has 2 heterocycles. The molecular weight excluding hydrogens is 298 g/mol. The van der Waals surface area contributed by atoms with Crippen molar-refractivity contribution in [1.82, 2.24) is 14.8 Å². The quantitative estimate of drug-likeness (QED) is 0.791. The van der Waals surface area contributed by atoms with Crippen molar-refractivity contribution in [2.45, 2.75) is 12.1 Å². The zero-order chi connectivity index (χ0) is 12.6. The van der Waals surface area contributed by atoms with Crippen LogP contribution in [0, 0.1) is 0 Å². The highest BCUT2D eigenvalue weighted by Crippen LogP contribution is 2.36. The second-order valence-electron chi connectivity index (χ2n) is 2.98. The van der Waals surface area contributed by atoms with Crippen LogP contribution in [0.25, 0.3) is 5.13 Å². The van der Waals surface area contributed by atoms with Crippen LogP contribution >= 0.6 is 34.5 Å². The SMILES string of the molecule is FC(F)(F)c1nn(-c2nccs2)c(Cl)c1CCl. The van der Waals surface area contributed by atoms with Gasteiger partial charge in [0.2, 0.25) is 5.13 Å². The van der Waals surface area contributed by atoms with Gasteiger partial charge in [0.05, 0.1) is 5.88 Å². The van der Waals surface area contributed by atoms with E-state index in [0.29, 0.717) is 0 Å². The summed E-state index contributed by atoms with van der Waals surface area (Å²) in [5.41, 5.74) is -1.32. The van der Waals surface area contributed by atoms with E-state index in [1.54, 1.807) is 5.38 Å². The molecule has 0 spiro atoms. The fraction of sp³-hybridized carbons (Fsp3) is 0.250. The van der Waals surface area contributed by atoms with Crippen LogP contribution in [0.1, 0.15) is 11.3 Å². The van der Waals surface area contributed by atoms with Gasteiger partial charge in [0.25, 0.3) is 0 Å². The first kappa shape index (κ1) is 12.7. The molecule has 9 heteroatoms. The lowest BCUT2D eigenvalue weighted by atomic mass is 10.3. The molecule has 0 N–H and O–H groups in total. The number of hydrogen-bond acceptors (Lipinski definition) is 3. The number of hydrogen-bond donors (Lipinski definition) is 0. The monoisotopic (exact) mass is 301 g/mol. The van der Waals surface area contributed by atoms with Gasteiger partial charge in [-0.25, -0.2) is 4.98 Å². The van der Waals surface area contributed by atoms with Crippen LogP contribution in [0.4, 0.5) is 13.2 Å². The molecule has 0 amide bonds. The van der Waals surface area contributed by atoms with E-state index < -0.39 is 11.9 Å². The first-order chi connectivity index (χ1) is 7.95. The van der Waals surface area contributed by atoms with Crippen LogP contribution < -0.4 is 0 Å². The van der Waals surface area contributed by atoms with E-state index in [9.17, 15) is 13.2 Å². The topological polar surface area (TPSA) is 30.7 Å². The lowest BCUT2D eigenvalue weighted by Crippen LogP contribution is -2.09. The van der Waals surface area contributed by atoms with Crippen molar-refractivity contribution in [1.29, 1.82) is 0 Å².